The van der Waals surface area contributed by atoms with Crippen LogP contribution < -0.4 is 10.5 Å². The van der Waals surface area contributed by atoms with Gasteiger partial charge in [0.2, 0.25) is 0 Å². The van der Waals surface area contributed by atoms with Gasteiger partial charge in [0.15, 0.2) is 6.29 Å². The van der Waals surface area contributed by atoms with Crippen LogP contribution in [0.15, 0.2) is 42.5 Å². The predicted molar refractivity (Wildman–Crippen MR) is 82.7 cm³/mol. The molecule has 0 aromatic heterocycles. The van der Waals surface area contributed by atoms with Crippen LogP contribution in [-0.4, -0.2) is 13.4 Å². The molecule has 0 radical (unpaired) electrons. The third-order valence-electron chi connectivity index (χ3n) is 2.46. The van der Waals surface area contributed by atoms with Crippen molar-refractivity contribution in [1.29, 1.82) is 0 Å². The smallest absolute Gasteiger partial charge is 0.151 e. The molecule has 106 valence electrons. The minimum Gasteiger partial charge on any atom is -0.497 e. The zero-order chi connectivity index (χ0) is 15.0. The summed E-state index contributed by atoms with van der Waals surface area (Å²) in [5.41, 5.74) is 6.98. The molecule has 5 heteroatoms. The summed E-state index contributed by atoms with van der Waals surface area (Å²) in [6.45, 7) is 0.567. The monoisotopic (exact) mass is 311 g/mol. The Balaban J connectivity index is 0.000000200. The summed E-state index contributed by atoms with van der Waals surface area (Å²) in [5, 5.41) is 0.929. The molecule has 0 amide bonds. The SMILES string of the molecule is COc1cccc(CN)c1.O=Cc1ccc(Cl)cc1Cl. The lowest BCUT2D eigenvalue weighted by atomic mass is 10.2. The molecule has 0 saturated heterocycles. The van der Waals surface area contributed by atoms with Crippen LogP contribution in [0, 0.1) is 0 Å². The lowest BCUT2D eigenvalue weighted by Gasteiger charge is -2.00. The second-order valence-corrected chi connectivity index (χ2v) is 4.68. The summed E-state index contributed by atoms with van der Waals surface area (Å²) in [4.78, 5) is 10.2. The van der Waals surface area contributed by atoms with Crippen molar-refractivity contribution >= 4 is 29.5 Å². The summed E-state index contributed by atoms with van der Waals surface area (Å²) in [7, 11) is 1.65. The first kappa shape index (κ1) is 16.5. The van der Waals surface area contributed by atoms with Crippen molar-refractivity contribution < 1.29 is 9.53 Å². The predicted octanol–water partition coefficient (Wildman–Crippen LogP) is 3.96. The van der Waals surface area contributed by atoms with Gasteiger partial charge in [0.05, 0.1) is 12.1 Å². The highest BCUT2D eigenvalue weighted by Gasteiger charge is 1.97. The normalized spacial score (nSPS) is 9.40. The molecule has 20 heavy (non-hydrogen) atoms. The first-order chi connectivity index (χ1) is 9.60. The number of aldehydes is 1. The van der Waals surface area contributed by atoms with E-state index in [1.807, 2.05) is 24.3 Å². The van der Waals surface area contributed by atoms with E-state index in [-0.39, 0.29) is 0 Å². The van der Waals surface area contributed by atoms with Crippen LogP contribution in [0.5, 0.6) is 5.75 Å². The highest BCUT2D eigenvalue weighted by molar-refractivity contribution is 6.36. The maximum atomic E-state index is 10.2. The third-order valence-corrected chi connectivity index (χ3v) is 3.02. The molecule has 0 heterocycles. The number of hydrogen-bond acceptors (Lipinski definition) is 3. The van der Waals surface area contributed by atoms with Crippen molar-refractivity contribution in [2.24, 2.45) is 5.73 Å². The van der Waals surface area contributed by atoms with Crippen molar-refractivity contribution in [2.45, 2.75) is 6.54 Å². The summed E-state index contributed by atoms with van der Waals surface area (Å²) >= 11 is 11.2. The van der Waals surface area contributed by atoms with Crippen LogP contribution in [0.3, 0.4) is 0 Å². The highest BCUT2D eigenvalue weighted by atomic mass is 35.5. The van der Waals surface area contributed by atoms with E-state index in [0.29, 0.717) is 28.4 Å². The van der Waals surface area contributed by atoms with Crippen molar-refractivity contribution in [3.8, 4) is 5.75 Å². The Kier molecular flexibility index (Phi) is 7.09. The first-order valence-electron chi connectivity index (χ1n) is 5.84. The van der Waals surface area contributed by atoms with E-state index in [2.05, 4.69) is 0 Å². The van der Waals surface area contributed by atoms with E-state index in [1.165, 1.54) is 6.07 Å². The van der Waals surface area contributed by atoms with Gasteiger partial charge in [0.1, 0.15) is 5.75 Å². The second kappa shape index (κ2) is 8.59. The van der Waals surface area contributed by atoms with Gasteiger partial charge in [0.25, 0.3) is 0 Å². The number of nitrogens with two attached hydrogens (primary N) is 1. The minimum atomic E-state index is 0.391. The fourth-order valence-electron chi connectivity index (χ4n) is 1.40. The van der Waals surface area contributed by atoms with Gasteiger partial charge in [-0.25, -0.2) is 0 Å². The van der Waals surface area contributed by atoms with Crippen molar-refractivity contribution in [1.82, 2.24) is 0 Å². The molecule has 0 aliphatic rings. The molecule has 2 aromatic carbocycles. The van der Waals surface area contributed by atoms with Gasteiger partial charge in [-0.3, -0.25) is 4.79 Å². The summed E-state index contributed by atoms with van der Waals surface area (Å²) in [6.07, 6.45) is 0.693. The number of carbonyl (C=O) groups excluding carboxylic acids is 1. The number of rotatable bonds is 3. The highest BCUT2D eigenvalue weighted by Crippen LogP contribution is 2.18. The van der Waals surface area contributed by atoms with Gasteiger partial charge in [-0.05, 0) is 35.9 Å². The van der Waals surface area contributed by atoms with Crippen LogP contribution >= 0.6 is 23.2 Å². The van der Waals surface area contributed by atoms with E-state index < -0.39 is 0 Å². The Morgan fingerprint density at radius 2 is 1.95 bits per heavy atom. The first-order valence-corrected chi connectivity index (χ1v) is 6.59. The quantitative estimate of drug-likeness (QED) is 0.873. The lowest BCUT2D eigenvalue weighted by Crippen LogP contribution is -1.95. The molecule has 0 unspecified atom stereocenters. The number of methoxy groups -OCH3 is 1. The molecule has 2 N–H and O–H groups in total. The number of carbonyl (C=O) groups is 1. The third kappa shape index (κ3) is 5.21. The molecular weight excluding hydrogens is 297 g/mol. The number of halogens is 2. The molecule has 0 bridgehead atoms. The Labute approximate surface area is 128 Å². The molecular formula is C15H15Cl2NO2. The van der Waals surface area contributed by atoms with Crippen molar-refractivity contribution in [3.63, 3.8) is 0 Å². The Bertz CT molecular complexity index is 554. The molecule has 2 aromatic rings. The van der Waals surface area contributed by atoms with Gasteiger partial charge >= 0.3 is 0 Å². The van der Waals surface area contributed by atoms with E-state index >= 15 is 0 Å². The van der Waals surface area contributed by atoms with Gasteiger partial charge in [-0.15, -0.1) is 0 Å². The summed E-state index contributed by atoms with van der Waals surface area (Å²) in [6, 6.07) is 12.5. The van der Waals surface area contributed by atoms with Crippen molar-refractivity contribution in [3.05, 3.63) is 63.6 Å². The fraction of sp³-hybridized carbons (Fsp3) is 0.133. The Morgan fingerprint density at radius 1 is 1.20 bits per heavy atom. The van der Waals surface area contributed by atoms with Gasteiger partial charge in [-0.1, -0.05) is 35.3 Å². The fourth-order valence-corrected chi connectivity index (χ4v) is 1.85. The van der Waals surface area contributed by atoms with E-state index in [4.69, 9.17) is 33.7 Å². The largest absolute Gasteiger partial charge is 0.497 e. The lowest BCUT2D eigenvalue weighted by molar-refractivity contribution is 0.112. The standard InChI is InChI=1S/C8H11NO.C7H4Cl2O/c1-10-8-4-2-3-7(5-8)6-9;8-6-2-1-5(4-10)7(9)3-6/h2-5H,6,9H2,1H3;1-4H. The summed E-state index contributed by atoms with van der Waals surface area (Å²) < 4.78 is 5.00. The molecule has 0 saturated carbocycles. The maximum Gasteiger partial charge on any atom is 0.151 e. The van der Waals surface area contributed by atoms with Crippen LogP contribution in [0.2, 0.25) is 10.0 Å². The van der Waals surface area contributed by atoms with Crippen LogP contribution in [0.4, 0.5) is 0 Å². The zero-order valence-corrected chi connectivity index (χ0v) is 12.5. The molecule has 0 aliphatic heterocycles. The van der Waals surface area contributed by atoms with E-state index in [9.17, 15) is 4.79 Å². The zero-order valence-electron chi connectivity index (χ0n) is 11.0. The van der Waals surface area contributed by atoms with E-state index in [1.54, 1.807) is 19.2 Å². The molecule has 0 aliphatic carbocycles. The number of benzene rings is 2. The second-order valence-electron chi connectivity index (χ2n) is 3.84. The topological polar surface area (TPSA) is 52.3 Å². The molecule has 3 nitrogen and oxygen atoms in total. The molecule has 0 spiro atoms. The average molecular weight is 312 g/mol. The van der Waals surface area contributed by atoms with Crippen molar-refractivity contribution in [2.75, 3.05) is 7.11 Å². The Hall–Kier alpha value is -1.55. The van der Waals surface area contributed by atoms with Gasteiger partial charge in [0, 0.05) is 17.1 Å². The maximum absolute atomic E-state index is 10.2. The minimum absolute atomic E-state index is 0.391. The van der Waals surface area contributed by atoms with Crippen LogP contribution in [0.1, 0.15) is 15.9 Å². The number of ether oxygens (including phenoxy) is 1. The summed E-state index contributed by atoms with van der Waals surface area (Å²) in [5.74, 6) is 0.864. The molecule has 0 atom stereocenters. The number of hydrogen-bond donors (Lipinski definition) is 1. The van der Waals surface area contributed by atoms with Crippen LogP contribution in [-0.2, 0) is 6.54 Å². The molecule has 2 rings (SSSR count). The Morgan fingerprint density at radius 3 is 2.50 bits per heavy atom. The van der Waals surface area contributed by atoms with Crippen LogP contribution in [0.25, 0.3) is 0 Å². The van der Waals surface area contributed by atoms with E-state index in [0.717, 1.165) is 11.3 Å². The molecule has 0 fully saturated rings. The average Bonchev–Trinajstić information content (AvgIpc) is 2.48. The van der Waals surface area contributed by atoms with Gasteiger partial charge < -0.3 is 10.5 Å². The van der Waals surface area contributed by atoms with Gasteiger partial charge in [-0.2, -0.15) is 0 Å².